The SMILES string of the molecule is O[C@H]1CCC[C@H](/C=C/c2ccccc2Br)C1. The Bertz CT molecular complexity index is 373. The van der Waals surface area contributed by atoms with E-state index in [1.165, 1.54) is 12.0 Å². The molecular formula is C14H17BrO. The zero-order chi connectivity index (χ0) is 11.4. The maximum Gasteiger partial charge on any atom is 0.0545 e. The van der Waals surface area contributed by atoms with Crippen LogP contribution in [0.15, 0.2) is 34.8 Å². The van der Waals surface area contributed by atoms with Crippen LogP contribution in [-0.4, -0.2) is 11.2 Å². The quantitative estimate of drug-likeness (QED) is 0.868. The Morgan fingerprint density at radius 1 is 1.25 bits per heavy atom. The molecular weight excluding hydrogens is 264 g/mol. The van der Waals surface area contributed by atoms with Gasteiger partial charge in [0.05, 0.1) is 6.10 Å². The summed E-state index contributed by atoms with van der Waals surface area (Å²) in [6.45, 7) is 0. The highest BCUT2D eigenvalue weighted by atomic mass is 79.9. The van der Waals surface area contributed by atoms with Gasteiger partial charge in [-0.1, -0.05) is 52.7 Å². The van der Waals surface area contributed by atoms with Gasteiger partial charge in [-0.15, -0.1) is 0 Å². The normalized spacial score (nSPS) is 26.1. The predicted octanol–water partition coefficient (Wildman–Crippen LogP) is 4.01. The van der Waals surface area contributed by atoms with Gasteiger partial charge in [0.2, 0.25) is 0 Å². The summed E-state index contributed by atoms with van der Waals surface area (Å²) in [5, 5.41) is 9.59. The van der Waals surface area contributed by atoms with Crippen molar-refractivity contribution in [2.24, 2.45) is 5.92 Å². The second-order valence-corrected chi connectivity index (χ2v) is 5.32. The van der Waals surface area contributed by atoms with Crippen LogP contribution in [0.25, 0.3) is 6.08 Å². The van der Waals surface area contributed by atoms with Crippen LogP contribution in [0.3, 0.4) is 0 Å². The second-order valence-electron chi connectivity index (χ2n) is 4.46. The van der Waals surface area contributed by atoms with E-state index in [0.29, 0.717) is 5.92 Å². The molecule has 1 nitrogen and oxygen atoms in total. The first kappa shape index (κ1) is 11.9. The number of allylic oxidation sites excluding steroid dienone is 1. The van der Waals surface area contributed by atoms with Gasteiger partial charge in [-0.25, -0.2) is 0 Å². The molecule has 2 heteroatoms. The fourth-order valence-corrected chi connectivity index (χ4v) is 2.64. The third-order valence-electron chi connectivity index (χ3n) is 3.14. The van der Waals surface area contributed by atoms with Crippen LogP contribution in [0.5, 0.6) is 0 Å². The van der Waals surface area contributed by atoms with Crippen LogP contribution in [-0.2, 0) is 0 Å². The molecule has 1 aromatic rings. The fraction of sp³-hybridized carbons (Fsp3) is 0.429. The van der Waals surface area contributed by atoms with E-state index in [1.54, 1.807) is 0 Å². The van der Waals surface area contributed by atoms with Gasteiger partial charge >= 0.3 is 0 Å². The molecule has 86 valence electrons. The first-order valence-corrected chi connectivity index (χ1v) is 6.66. The van der Waals surface area contributed by atoms with E-state index in [1.807, 2.05) is 12.1 Å². The van der Waals surface area contributed by atoms with Gasteiger partial charge in [-0.3, -0.25) is 0 Å². The molecule has 1 N–H and O–H groups in total. The zero-order valence-electron chi connectivity index (χ0n) is 9.27. The van der Waals surface area contributed by atoms with Crippen molar-refractivity contribution in [3.63, 3.8) is 0 Å². The van der Waals surface area contributed by atoms with Crippen molar-refractivity contribution in [2.75, 3.05) is 0 Å². The van der Waals surface area contributed by atoms with Crippen molar-refractivity contribution in [3.8, 4) is 0 Å². The van der Waals surface area contributed by atoms with Gasteiger partial charge in [-0.2, -0.15) is 0 Å². The molecule has 1 aliphatic rings. The van der Waals surface area contributed by atoms with E-state index < -0.39 is 0 Å². The van der Waals surface area contributed by atoms with Crippen molar-refractivity contribution in [1.29, 1.82) is 0 Å². The standard InChI is InChI=1S/C14H17BrO/c15-14-7-2-1-5-12(14)9-8-11-4-3-6-13(16)10-11/h1-2,5,7-9,11,13,16H,3-4,6,10H2/b9-8+/t11-,13+/m1/s1. The lowest BCUT2D eigenvalue weighted by atomic mass is 9.87. The first-order chi connectivity index (χ1) is 7.75. The van der Waals surface area contributed by atoms with Gasteiger partial charge in [0.1, 0.15) is 0 Å². The second kappa shape index (κ2) is 5.65. The Labute approximate surface area is 105 Å². The molecule has 1 aliphatic carbocycles. The van der Waals surface area contributed by atoms with E-state index >= 15 is 0 Å². The van der Waals surface area contributed by atoms with Crippen molar-refractivity contribution < 1.29 is 5.11 Å². The van der Waals surface area contributed by atoms with Crippen molar-refractivity contribution in [2.45, 2.75) is 31.8 Å². The number of aliphatic hydroxyl groups is 1. The molecule has 0 spiro atoms. The van der Waals surface area contributed by atoms with Gasteiger partial charge in [0, 0.05) is 4.47 Å². The van der Waals surface area contributed by atoms with Gasteiger partial charge < -0.3 is 5.11 Å². The van der Waals surface area contributed by atoms with Crippen LogP contribution in [0.1, 0.15) is 31.2 Å². The lowest BCUT2D eigenvalue weighted by Crippen LogP contribution is -2.17. The molecule has 0 aromatic heterocycles. The van der Waals surface area contributed by atoms with Crippen molar-refractivity contribution >= 4 is 22.0 Å². The van der Waals surface area contributed by atoms with E-state index in [-0.39, 0.29) is 6.10 Å². The molecule has 0 radical (unpaired) electrons. The van der Waals surface area contributed by atoms with Gasteiger partial charge in [0.25, 0.3) is 0 Å². The largest absolute Gasteiger partial charge is 0.393 e. The Morgan fingerprint density at radius 3 is 2.81 bits per heavy atom. The molecule has 0 aliphatic heterocycles. The monoisotopic (exact) mass is 280 g/mol. The Hall–Kier alpha value is -0.600. The molecule has 2 atom stereocenters. The van der Waals surface area contributed by atoms with Crippen LogP contribution in [0.2, 0.25) is 0 Å². The molecule has 16 heavy (non-hydrogen) atoms. The smallest absolute Gasteiger partial charge is 0.0545 e. The van der Waals surface area contributed by atoms with Crippen molar-refractivity contribution in [3.05, 3.63) is 40.4 Å². The summed E-state index contributed by atoms with van der Waals surface area (Å²) in [5.74, 6) is 0.538. The Balaban J connectivity index is 2.01. The summed E-state index contributed by atoms with van der Waals surface area (Å²) >= 11 is 3.53. The fourth-order valence-electron chi connectivity index (χ4n) is 2.23. The van der Waals surface area contributed by atoms with Crippen LogP contribution < -0.4 is 0 Å². The summed E-state index contributed by atoms with van der Waals surface area (Å²) in [7, 11) is 0. The third kappa shape index (κ3) is 3.19. The molecule has 0 heterocycles. The minimum atomic E-state index is -0.0948. The van der Waals surface area contributed by atoms with Crippen molar-refractivity contribution in [1.82, 2.24) is 0 Å². The molecule has 1 fully saturated rings. The number of aliphatic hydroxyl groups excluding tert-OH is 1. The first-order valence-electron chi connectivity index (χ1n) is 5.86. The highest BCUT2D eigenvalue weighted by molar-refractivity contribution is 9.10. The number of halogens is 1. The Morgan fingerprint density at radius 2 is 2.06 bits per heavy atom. The summed E-state index contributed by atoms with van der Waals surface area (Å²) < 4.78 is 1.13. The number of rotatable bonds is 2. The lowest BCUT2D eigenvalue weighted by Gasteiger charge is -2.23. The van der Waals surface area contributed by atoms with E-state index in [4.69, 9.17) is 0 Å². The number of benzene rings is 1. The zero-order valence-corrected chi connectivity index (χ0v) is 10.9. The Kier molecular flexibility index (Phi) is 4.19. The summed E-state index contributed by atoms with van der Waals surface area (Å²) in [4.78, 5) is 0. The average Bonchev–Trinajstić information content (AvgIpc) is 2.28. The third-order valence-corrected chi connectivity index (χ3v) is 3.86. The minimum Gasteiger partial charge on any atom is -0.393 e. The van der Waals surface area contributed by atoms with Crippen LogP contribution >= 0.6 is 15.9 Å². The van der Waals surface area contributed by atoms with Crippen LogP contribution in [0, 0.1) is 5.92 Å². The number of hydrogen-bond donors (Lipinski definition) is 1. The van der Waals surface area contributed by atoms with E-state index in [2.05, 4.69) is 40.2 Å². The molecule has 1 saturated carbocycles. The summed E-state index contributed by atoms with van der Waals surface area (Å²) in [5.41, 5.74) is 1.21. The van der Waals surface area contributed by atoms with Crippen LogP contribution in [0.4, 0.5) is 0 Å². The average molecular weight is 281 g/mol. The molecule has 0 bridgehead atoms. The number of hydrogen-bond acceptors (Lipinski definition) is 1. The molecule has 0 unspecified atom stereocenters. The van der Waals surface area contributed by atoms with Gasteiger partial charge in [0.15, 0.2) is 0 Å². The molecule has 0 amide bonds. The predicted molar refractivity (Wildman–Crippen MR) is 71.1 cm³/mol. The van der Waals surface area contributed by atoms with Gasteiger partial charge in [-0.05, 0) is 36.8 Å². The van der Waals surface area contributed by atoms with E-state index in [9.17, 15) is 5.11 Å². The molecule has 2 rings (SSSR count). The molecule has 1 aromatic carbocycles. The molecule has 0 saturated heterocycles. The highest BCUT2D eigenvalue weighted by Gasteiger charge is 2.17. The summed E-state index contributed by atoms with van der Waals surface area (Å²) in [6, 6.07) is 8.21. The lowest BCUT2D eigenvalue weighted by molar-refractivity contribution is 0.113. The topological polar surface area (TPSA) is 20.2 Å². The maximum atomic E-state index is 9.59. The summed E-state index contributed by atoms with van der Waals surface area (Å²) in [6.07, 6.45) is 8.54. The van der Waals surface area contributed by atoms with E-state index in [0.717, 1.165) is 23.7 Å². The highest BCUT2D eigenvalue weighted by Crippen LogP contribution is 2.26. The maximum absolute atomic E-state index is 9.59. The minimum absolute atomic E-state index is 0.0948.